The van der Waals surface area contributed by atoms with Crippen molar-refractivity contribution in [3.8, 4) is 34.7 Å². The third kappa shape index (κ3) is 11.9. The van der Waals surface area contributed by atoms with Gasteiger partial charge in [-0.05, 0) is 131 Å². The van der Waals surface area contributed by atoms with Gasteiger partial charge in [0.15, 0.2) is 11.6 Å². The average molecular weight is 1040 g/mol. The van der Waals surface area contributed by atoms with Crippen LogP contribution < -0.4 is 20.9 Å². The zero-order valence-electron chi connectivity index (χ0n) is 39.1. The van der Waals surface area contributed by atoms with Gasteiger partial charge in [-0.1, -0.05) is 75.8 Å². The maximum atomic E-state index is 14.7. The molecule has 5 heterocycles. The number of piperidine rings is 2. The Bertz CT molecular complexity index is 2890. The number of aromatic nitrogens is 2. The molecule has 71 heavy (non-hydrogen) atoms. The molecular formula is C54H53Cl4F3N8O2. The van der Waals surface area contributed by atoms with Gasteiger partial charge in [0.05, 0.1) is 49.0 Å². The van der Waals surface area contributed by atoms with Gasteiger partial charge < -0.3 is 29.9 Å². The zero-order chi connectivity index (χ0) is 49.8. The third-order valence-electron chi connectivity index (χ3n) is 14.2. The molecule has 3 aliphatic heterocycles. The quantitative estimate of drug-likeness (QED) is 0.109. The number of rotatable bonds is 12. The lowest BCUT2D eigenvalue weighted by Crippen LogP contribution is -2.48. The summed E-state index contributed by atoms with van der Waals surface area (Å²) in [6.45, 7) is 4.24. The van der Waals surface area contributed by atoms with Crippen LogP contribution >= 0.6 is 46.4 Å². The van der Waals surface area contributed by atoms with Crippen molar-refractivity contribution in [1.29, 1.82) is 10.5 Å². The number of halogens is 7. The van der Waals surface area contributed by atoms with Crippen LogP contribution in [0.1, 0.15) is 123 Å². The number of anilines is 1. The van der Waals surface area contributed by atoms with Gasteiger partial charge in [-0.3, -0.25) is 0 Å². The molecule has 11 rings (SSSR count). The average Bonchev–Trinajstić information content (AvgIpc) is 4.30. The summed E-state index contributed by atoms with van der Waals surface area (Å²) in [6, 6.07) is 24.8. The van der Waals surface area contributed by atoms with Crippen molar-refractivity contribution >= 4 is 52.1 Å². The van der Waals surface area contributed by atoms with Gasteiger partial charge >= 0.3 is 0 Å². The predicted molar refractivity (Wildman–Crippen MR) is 271 cm³/mol. The molecule has 0 radical (unpaired) electrons. The Kier molecular flexibility index (Phi) is 16.3. The molecule has 2 bridgehead atoms. The Morgan fingerprint density at radius 2 is 1.13 bits per heavy atom. The molecule has 5 aliphatic rings. The summed E-state index contributed by atoms with van der Waals surface area (Å²) >= 11 is 25.9. The van der Waals surface area contributed by atoms with Crippen LogP contribution in [-0.2, 0) is 13.1 Å². The van der Waals surface area contributed by atoms with Gasteiger partial charge in [0.25, 0.3) is 0 Å². The van der Waals surface area contributed by atoms with Gasteiger partial charge in [0.1, 0.15) is 28.7 Å². The Morgan fingerprint density at radius 3 is 1.59 bits per heavy atom. The van der Waals surface area contributed by atoms with Gasteiger partial charge in [0, 0.05) is 83.9 Å². The first-order valence-electron chi connectivity index (χ1n) is 24.3. The smallest absolute Gasteiger partial charge is 0.160 e. The molecule has 370 valence electrons. The van der Waals surface area contributed by atoms with E-state index in [4.69, 9.17) is 66.0 Å². The molecule has 4 unspecified atom stereocenters. The highest BCUT2D eigenvalue weighted by atomic mass is 35.5. The lowest BCUT2D eigenvalue weighted by molar-refractivity contribution is 0.315. The van der Waals surface area contributed by atoms with E-state index < -0.39 is 11.6 Å². The van der Waals surface area contributed by atoms with E-state index in [1.807, 2.05) is 42.5 Å². The summed E-state index contributed by atoms with van der Waals surface area (Å²) < 4.78 is 50.7. The van der Waals surface area contributed by atoms with E-state index in [9.17, 15) is 13.2 Å². The molecule has 17 heteroatoms. The fourth-order valence-corrected chi connectivity index (χ4v) is 11.3. The number of nitriles is 2. The molecule has 5 fully saturated rings. The second-order valence-electron chi connectivity index (χ2n) is 19.1. The highest BCUT2D eigenvalue weighted by molar-refractivity contribution is 6.39. The molecule has 2 aliphatic carbocycles. The van der Waals surface area contributed by atoms with Gasteiger partial charge in [-0.2, -0.15) is 10.5 Å². The molecule has 4 aromatic carbocycles. The normalized spacial score (nSPS) is 21.4. The molecule has 2 aromatic heterocycles. The lowest BCUT2D eigenvalue weighted by atomic mass is 9.94. The largest absolute Gasteiger partial charge is 0.366 e. The van der Waals surface area contributed by atoms with Crippen molar-refractivity contribution in [3.63, 3.8) is 0 Å². The topological polar surface area (TPSA) is 139 Å². The van der Waals surface area contributed by atoms with Crippen molar-refractivity contribution in [3.05, 3.63) is 144 Å². The highest BCUT2D eigenvalue weighted by Crippen LogP contribution is 2.47. The van der Waals surface area contributed by atoms with Crippen LogP contribution in [0.3, 0.4) is 0 Å². The number of fused-ring (bicyclic) bond motifs is 2. The SMILES string of the molecule is CCC1CC(NCc2c(-c3c(Cl)cccc3Cl)noc2C2CC2)CCN1c1ccc(C#N)cc1F.Clc1cccc(Cl)c1-c1noc(C2CC2)c1CNC1CC2CCC(C1)N2.N#Cc1ccc(F)c(F)c1. The van der Waals surface area contributed by atoms with Gasteiger partial charge in [-0.15, -0.1) is 0 Å². The van der Waals surface area contributed by atoms with Crippen molar-refractivity contribution < 1.29 is 22.2 Å². The zero-order valence-corrected chi connectivity index (χ0v) is 42.1. The molecule has 2 saturated carbocycles. The first kappa shape index (κ1) is 50.8. The van der Waals surface area contributed by atoms with E-state index in [0.717, 1.165) is 91.2 Å². The second-order valence-corrected chi connectivity index (χ2v) is 20.7. The minimum absolute atomic E-state index is 0.124. The third-order valence-corrected chi connectivity index (χ3v) is 15.4. The second kappa shape index (κ2) is 22.8. The summed E-state index contributed by atoms with van der Waals surface area (Å²) in [5, 5.41) is 39.6. The van der Waals surface area contributed by atoms with Crippen LogP contribution in [-0.4, -0.2) is 47.1 Å². The van der Waals surface area contributed by atoms with Crippen LogP contribution in [0.4, 0.5) is 18.9 Å². The molecule has 0 spiro atoms. The summed E-state index contributed by atoms with van der Waals surface area (Å²) in [7, 11) is 0. The predicted octanol–water partition coefficient (Wildman–Crippen LogP) is 13.8. The first-order valence-corrected chi connectivity index (χ1v) is 25.8. The molecule has 4 atom stereocenters. The standard InChI is InChI=1S/C27H27Cl2FN4O.C20H23Cl2N3O.C7H3F2N/c1-2-19-13-18(10-11-34(19)24-9-6-16(14-31)12-23(24)30)32-15-20-26(33-35-27(20)17-7-8-17)25-21(28)4-3-5-22(25)29;21-16-2-1-3-17(22)18(16)19-15(20(26-25-19)11-4-5-11)10-23-14-8-12-6-7-13(9-14)24-12;8-6-2-1-5(4-10)3-7(6)9/h3-6,9,12,17-19,32H,2,7-8,10-11,13,15H2,1H3;1-3,11-14,23-24H,4-10H2;1-3H. The van der Waals surface area contributed by atoms with Crippen LogP contribution in [0.5, 0.6) is 0 Å². The Labute approximate surface area is 431 Å². The van der Waals surface area contributed by atoms with E-state index >= 15 is 0 Å². The first-order chi connectivity index (χ1) is 34.4. The summed E-state index contributed by atoms with van der Waals surface area (Å²) in [5.74, 6) is 0.581. The van der Waals surface area contributed by atoms with Crippen LogP contribution in [0.15, 0.2) is 81.8 Å². The van der Waals surface area contributed by atoms with Crippen molar-refractivity contribution in [1.82, 2.24) is 26.3 Å². The Hall–Kier alpha value is -5.09. The monoisotopic (exact) mass is 1040 g/mol. The molecule has 0 amide bonds. The summed E-state index contributed by atoms with van der Waals surface area (Å²) in [5.41, 5.74) is 6.19. The van der Waals surface area contributed by atoms with Crippen LogP contribution in [0.25, 0.3) is 22.5 Å². The van der Waals surface area contributed by atoms with Crippen LogP contribution in [0.2, 0.25) is 20.1 Å². The van der Waals surface area contributed by atoms with E-state index in [1.54, 1.807) is 18.2 Å². The molecule has 3 saturated heterocycles. The van der Waals surface area contributed by atoms with Crippen molar-refractivity contribution in [2.45, 2.75) is 133 Å². The van der Waals surface area contributed by atoms with Gasteiger partial charge in [-0.25, -0.2) is 13.2 Å². The minimum Gasteiger partial charge on any atom is -0.366 e. The van der Waals surface area contributed by atoms with Crippen LogP contribution in [0, 0.1) is 40.1 Å². The van der Waals surface area contributed by atoms with Crippen molar-refractivity contribution in [2.75, 3.05) is 11.4 Å². The molecule has 3 N–H and O–H groups in total. The number of nitrogens with one attached hydrogen (secondary N) is 3. The fraction of sp³-hybridized carbons (Fsp3) is 0.407. The Balaban J connectivity index is 0.000000151. The Morgan fingerprint density at radius 1 is 0.634 bits per heavy atom. The van der Waals surface area contributed by atoms with E-state index in [0.29, 0.717) is 79.1 Å². The van der Waals surface area contributed by atoms with Gasteiger partial charge in [0.2, 0.25) is 0 Å². The number of nitrogens with zero attached hydrogens (tertiary/aromatic N) is 5. The summed E-state index contributed by atoms with van der Waals surface area (Å²) in [4.78, 5) is 2.14. The van der Waals surface area contributed by atoms with Crippen molar-refractivity contribution in [2.24, 2.45) is 0 Å². The highest BCUT2D eigenvalue weighted by Gasteiger charge is 2.37. The maximum Gasteiger partial charge on any atom is 0.160 e. The molecular weight excluding hydrogens is 991 g/mol. The number of hydrogen-bond acceptors (Lipinski definition) is 10. The summed E-state index contributed by atoms with van der Waals surface area (Å²) in [6.07, 6.45) is 12.2. The molecule has 6 aromatic rings. The minimum atomic E-state index is -0.987. The maximum absolute atomic E-state index is 14.7. The number of hydrogen-bond donors (Lipinski definition) is 3. The molecule has 10 nitrogen and oxygen atoms in total. The van der Waals surface area contributed by atoms with E-state index in [-0.39, 0.29) is 23.5 Å². The number of benzene rings is 4. The van der Waals surface area contributed by atoms with E-state index in [2.05, 4.69) is 38.1 Å². The fourth-order valence-electron chi connectivity index (χ4n) is 10.2. The van der Waals surface area contributed by atoms with E-state index in [1.165, 1.54) is 50.7 Å². The lowest BCUT2D eigenvalue weighted by Gasteiger charge is -2.41.